The number of hydrogen-bond donors (Lipinski definition) is 3. The highest BCUT2D eigenvalue weighted by Gasteiger charge is 2.50. The molecule has 0 aliphatic carbocycles. The SMILES string of the molecule is CCCC1(CCC)NC(=O)N(CC(=O)O[C@@H](C)C(=O)NC(=O)NC(C)C)C1=O. The van der Waals surface area contributed by atoms with Gasteiger partial charge in [0.1, 0.15) is 12.1 Å². The number of esters is 1. The van der Waals surface area contributed by atoms with Gasteiger partial charge in [0.15, 0.2) is 6.10 Å². The second-order valence-corrected chi connectivity index (χ2v) is 7.15. The Kier molecular flexibility index (Phi) is 8.39. The molecule has 1 rings (SSSR count). The van der Waals surface area contributed by atoms with Gasteiger partial charge >= 0.3 is 18.0 Å². The van der Waals surface area contributed by atoms with Crippen molar-refractivity contribution in [2.24, 2.45) is 0 Å². The topological polar surface area (TPSA) is 134 Å². The summed E-state index contributed by atoms with van der Waals surface area (Å²) in [5.74, 6) is -2.19. The number of carbonyl (C=O) groups excluding carboxylic acids is 5. The van der Waals surface area contributed by atoms with Gasteiger partial charge in [0.05, 0.1) is 0 Å². The van der Waals surface area contributed by atoms with Crippen LogP contribution in [0.2, 0.25) is 0 Å². The van der Waals surface area contributed by atoms with Gasteiger partial charge in [-0.15, -0.1) is 0 Å². The van der Waals surface area contributed by atoms with Gasteiger partial charge in [-0.3, -0.25) is 24.6 Å². The number of rotatable bonds is 9. The first kappa shape index (κ1) is 23.4. The van der Waals surface area contributed by atoms with E-state index in [9.17, 15) is 24.0 Å². The van der Waals surface area contributed by atoms with Crippen LogP contribution < -0.4 is 16.0 Å². The summed E-state index contributed by atoms with van der Waals surface area (Å²) < 4.78 is 4.96. The molecule has 1 aliphatic heterocycles. The fourth-order valence-corrected chi connectivity index (χ4v) is 3.07. The van der Waals surface area contributed by atoms with Crippen LogP contribution in [0.3, 0.4) is 0 Å². The van der Waals surface area contributed by atoms with Gasteiger partial charge in [0.2, 0.25) is 0 Å². The molecule has 0 spiro atoms. The first-order valence-electron chi connectivity index (χ1n) is 9.51. The average molecular weight is 398 g/mol. The lowest BCUT2D eigenvalue weighted by atomic mass is 9.88. The minimum absolute atomic E-state index is 0.170. The van der Waals surface area contributed by atoms with Gasteiger partial charge in [-0.1, -0.05) is 26.7 Å². The molecule has 0 saturated carbocycles. The normalized spacial score (nSPS) is 16.6. The molecule has 1 saturated heterocycles. The van der Waals surface area contributed by atoms with E-state index in [0.717, 1.165) is 4.90 Å². The summed E-state index contributed by atoms with van der Waals surface area (Å²) in [6, 6.07) is -1.53. The summed E-state index contributed by atoms with van der Waals surface area (Å²) in [7, 11) is 0. The summed E-state index contributed by atoms with van der Waals surface area (Å²) in [6.45, 7) is 7.95. The van der Waals surface area contributed by atoms with Crippen LogP contribution in [0.5, 0.6) is 0 Å². The maximum atomic E-state index is 12.7. The number of ether oxygens (including phenoxy) is 1. The number of amides is 6. The van der Waals surface area contributed by atoms with Crippen LogP contribution in [-0.4, -0.2) is 59.0 Å². The number of urea groups is 2. The third-order valence-corrected chi connectivity index (χ3v) is 4.22. The molecule has 1 heterocycles. The molecule has 0 aromatic heterocycles. The predicted octanol–water partition coefficient (Wildman–Crippen LogP) is 1.04. The van der Waals surface area contributed by atoms with E-state index >= 15 is 0 Å². The molecule has 28 heavy (non-hydrogen) atoms. The standard InChI is InChI=1S/C18H30N4O6/c1-6-8-18(9-7-2)15(25)22(17(27)21-18)10-13(23)28-12(5)14(24)20-16(26)19-11(3)4/h11-12H,6-10H2,1-5H3,(H,21,27)(H2,19,20,24,26)/t12-/m0/s1. The highest BCUT2D eigenvalue weighted by atomic mass is 16.5. The van der Waals surface area contributed by atoms with E-state index in [1.807, 2.05) is 19.2 Å². The van der Waals surface area contributed by atoms with Crippen molar-refractivity contribution in [2.75, 3.05) is 6.54 Å². The number of nitrogens with zero attached hydrogens (tertiary/aromatic N) is 1. The van der Waals surface area contributed by atoms with Crippen molar-refractivity contribution in [2.45, 2.75) is 78.0 Å². The molecular formula is C18H30N4O6. The zero-order valence-corrected chi connectivity index (χ0v) is 17.1. The zero-order chi connectivity index (χ0) is 21.5. The molecule has 1 atom stereocenters. The van der Waals surface area contributed by atoms with Crippen LogP contribution in [0, 0.1) is 0 Å². The van der Waals surface area contributed by atoms with Crippen LogP contribution >= 0.6 is 0 Å². The van der Waals surface area contributed by atoms with E-state index in [1.165, 1.54) is 6.92 Å². The Balaban J connectivity index is 2.67. The van der Waals surface area contributed by atoms with Crippen LogP contribution in [0.15, 0.2) is 0 Å². The fraction of sp³-hybridized carbons (Fsp3) is 0.722. The lowest BCUT2D eigenvalue weighted by Gasteiger charge is -2.25. The van der Waals surface area contributed by atoms with Gasteiger partial charge in [0.25, 0.3) is 11.8 Å². The van der Waals surface area contributed by atoms with E-state index < -0.39 is 48.0 Å². The molecule has 0 radical (unpaired) electrons. The van der Waals surface area contributed by atoms with Crippen LogP contribution in [0.25, 0.3) is 0 Å². The quantitative estimate of drug-likeness (QED) is 0.392. The lowest BCUT2D eigenvalue weighted by molar-refractivity contribution is -0.156. The van der Waals surface area contributed by atoms with E-state index in [0.29, 0.717) is 25.7 Å². The molecule has 3 N–H and O–H groups in total. The summed E-state index contributed by atoms with van der Waals surface area (Å²) in [6.07, 6.45) is 1.07. The zero-order valence-electron chi connectivity index (χ0n) is 17.1. The van der Waals surface area contributed by atoms with Crippen molar-refractivity contribution < 1.29 is 28.7 Å². The third-order valence-electron chi connectivity index (χ3n) is 4.22. The summed E-state index contributed by atoms with van der Waals surface area (Å²) in [5, 5.41) is 7.21. The Morgan fingerprint density at radius 3 is 2.18 bits per heavy atom. The molecular weight excluding hydrogens is 368 g/mol. The van der Waals surface area contributed by atoms with E-state index in [-0.39, 0.29) is 6.04 Å². The van der Waals surface area contributed by atoms with Crippen molar-refractivity contribution in [1.82, 2.24) is 20.9 Å². The maximum Gasteiger partial charge on any atom is 0.327 e. The molecule has 10 heteroatoms. The molecule has 0 unspecified atom stereocenters. The Bertz CT molecular complexity index is 628. The van der Waals surface area contributed by atoms with E-state index in [2.05, 4.69) is 10.6 Å². The first-order valence-corrected chi connectivity index (χ1v) is 9.51. The molecule has 0 aromatic rings. The van der Waals surface area contributed by atoms with Crippen LogP contribution in [-0.2, 0) is 19.1 Å². The largest absolute Gasteiger partial charge is 0.451 e. The number of imide groups is 2. The molecule has 0 bridgehead atoms. The van der Waals surface area contributed by atoms with Crippen LogP contribution in [0.4, 0.5) is 9.59 Å². The molecule has 0 aromatic carbocycles. The van der Waals surface area contributed by atoms with Gasteiger partial charge in [-0.2, -0.15) is 0 Å². The molecule has 10 nitrogen and oxygen atoms in total. The number of carbonyl (C=O) groups is 5. The maximum absolute atomic E-state index is 12.7. The first-order chi connectivity index (χ1) is 13.1. The summed E-state index contributed by atoms with van der Waals surface area (Å²) >= 11 is 0. The highest BCUT2D eigenvalue weighted by molar-refractivity contribution is 6.08. The van der Waals surface area contributed by atoms with Gasteiger partial charge in [-0.05, 0) is 33.6 Å². The Morgan fingerprint density at radius 2 is 1.68 bits per heavy atom. The monoisotopic (exact) mass is 398 g/mol. The third kappa shape index (κ3) is 5.93. The van der Waals surface area contributed by atoms with E-state index in [1.54, 1.807) is 13.8 Å². The van der Waals surface area contributed by atoms with Gasteiger partial charge in [0, 0.05) is 6.04 Å². The van der Waals surface area contributed by atoms with Crippen molar-refractivity contribution in [3.63, 3.8) is 0 Å². The summed E-state index contributed by atoms with van der Waals surface area (Å²) in [5.41, 5.74) is -1.00. The second kappa shape index (κ2) is 10.0. The predicted molar refractivity (Wildman–Crippen MR) is 100 cm³/mol. The van der Waals surface area contributed by atoms with E-state index in [4.69, 9.17) is 4.74 Å². The molecule has 6 amide bonds. The Labute approximate surface area is 164 Å². The minimum atomic E-state index is -1.26. The van der Waals surface area contributed by atoms with Gasteiger partial charge < -0.3 is 15.4 Å². The fourth-order valence-electron chi connectivity index (χ4n) is 3.07. The van der Waals surface area contributed by atoms with Crippen molar-refractivity contribution in [3.8, 4) is 0 Å². The summed E-state index contributed by atoms with van der Waals surface area (Å²) in [4.78, 5) is 61.3. The molecule has 1 fully saturated rings. The van der Waals surface area contributed by atoms with Crippen molar-refractivity contribution in [3.05, 3.63) is 0 Å². The smallest absolute Gasteiger partial charge is 0.327 e. The number of nitrogens with one attached hydrogen (secondary N) is 3. The lowest BCUT2D eigenvalue weighted by Crippen LogP contribution is -2.48. The highest BCUT2D eigenvalue weighted by Crippen LogP contribution is 2.27. The van der Waals surface area contributed by atoms with Crippen molar-refractivity contribution in [1.29, 1.82) is 0 Å². The van der Waals surface area contributed by atoms with Crippen molar-refractivity contribution >= 4 is 29.8 Å². The minimum Gasteiger partial charge on any atom is -0.451 e. The number of hydrogen-bond acceptors (Lipinski definition) is 6. The van der Waals surface area contributed by atoms with Crippen LogP contribution in [0.1, 0.15) is 60.3 Å². The molecule has 158 valence electrons. The molecule has 1 aliphatic rings. The Morgan fingerprint density at radius 1 is 1.11 bits per heavy atom. The van der Waals surface area contributed by atoms with Gasteiger partial charge in [-0.25, -0.2) is 9.59 Å². The average Bonchev–Trinajstić information content (AvgIpc) is 2.79. The second-order valence-electron chi connectivity index (χ2n) is 7.15. The Hall–Kier alpha value is -2.65.